The molecular weight excluding hydrogens is 1250 g/mol. The molecule has 2 bridgehead atoms. The van der Waals surface area contributed by atoms with Crippen LogP contribution in [-0.4, -0.2) is 174 Å². The van der Waals surface area contributed by atoms with Crippen molar-refractivity contribution in [2.75, 3.05) is 118 Å². The number of nitrogens with one attached hydrogen (secondary N) is 4. The van der Waals surface area contributed by atoms with Gasteiger partial charge < -0.3 is 40.9 Å². The lowest BCUT2D eigenvalue weighted by Gasteiger charge is -2.40. The minimum atomic E-state index is -0.512. The number of benzene rings is 6. The Bertz CT molecular complexity index is 4760. The number of hydrogen-bond donors (Lipinski definition) is 4. The highest BCUT2D eigenvalue weighted by Crippen LogP contribution is 2.34. The topological polar surface area (TPSA) is 209 Å². The minimum absolute atomic E-state index is 0.130. The van der Waals surface area contributed by atoms with Crippen molar-refractivity contribution in [1.29, 1.82) is 0 Å². The maximum absolute atomic E-state index is 14.5. The average Bonchev–Trinajstić information content (AvgIpc) is 1.39. The van der Waals surface area contributed by atoms with Crippen LogP contribution in [0, 0.1) is 26.6 Å². The number of aromatic nitrogens is 11. The quantitative estimate of drug-likeness (QED) is 0.0709. The zero-order chi connectivity index (χ0) is 68.5. The van der Waals surface area contributed by atoms with Gasteiger partial charge in [0.1, 0.15) is 29.1 Å². The smallest absolute Gasteiger partial charge is 0.184 e. The van der Waals surface area contributed by atoms with Crippen LogP contribution in [0.25, 0.3) is 32.7 Å². The first-order valence-corrected chi connectivity index (χ1v) is 34.4. The molecule has 21 nitrogen and oxygen atoms in total. The van der Waals surface area contributed by atoms with Crippen LogP contribution in [0.2, 0.25) is 0 Å². The van der Waals surface area contributed by atoms with Gasteiger partial charge in [0.25, 0.3) is 0 Å². The molecule has 4 saturated heterocycles. The van der Waals surface area contributed by atoms with Gasteiger partial charge in [0.2, 0.25) is 0 Å². The van der Waals surface area contributed by atoms with Crippen LogP contribution in [0.5, 0.6) is 0 Å². The molecule has 16 rings (SSSR count). The van der Waals surface area contributed by atoms with E-state index >= 15 is 0 Å². The van der Waals surface area contributed by atoms with Gasteiger partial charge in [-0.3, -0.25) is 9.80 Å². The third-order valence-electron chi connectivity index (χ3n) is 19.6. The molecule has 0 radical (unpaired) electrons. The first kappa shape index (κ1) is 66.5. The zero-order valence-corrected chi connectivity index (χ0v) is 57.6. The molecule has 6 aromatic carbocycles. The number of rotatable bonds is 16. The van der Waals surface area contributed by atoms with E-state index < -0.39 is 5.82 Å². The third kappa shape index (κ3) is 16.0. The Labute approximate surface area is 583 Å². The molecule has 2 unspecified atom stereocenters. The number of pyridine rings is 1. The monoisotopic (exact) mass is 1330 g/mol. The summed E-state index contributed by atoms with van der Waals surface area (Å²) in [5.74, 6) is 3.25. The Morgan fingerprint density at radius 1 is 0.430 bits per heavy atom. The van der Waals surface area contributed by atoms with Gasteiger partial charge >= 0.3 is 0 Å². The molecule has 22 heteroatoms. The Morgan fingerprint density at radius 3 is 1.45 bits per heavy atom. The first-order chi connectivity index (χ1) is 48.8. The summed E-state index contributed by atoms with van der Waals surface area (Å²) in [6.07, 6.45) is 11.9. The lowest BCUT2D eigenvalue weighted by atomic mass is 10.1. The van der Waals surface area contributed by atoms with Gasteiger partial charge in [0.15, 0.2) is 11.6 Å². The van der Waals surface area contributed by atoms with E-state index in [1.807, 2.05) is 93.6 Å². The summed E-state index contributed by atoms with van der Waals surface area (Å²) in [5, 5.41) is 41.4. The molecule has 0 amide bonds. The summed E-state index contributed by atoms with van der Waals surface area (Å²) in [5.41, 5.74) is 15.4. The number of fused-ring (bicyclic) bond motifs is 5. The van der Waals surface area contributed by atoms with Gasteiger partial charge in [-0.05, 0) is 143 Å². The van der Waals surface area contributed by atoms with Gasteiger partial charge in [-0.1, -0.05) is 97.1 Å². The van der Waals surface area contributed by atoms with Crippen LogP contribution >= 0.6 is 0 Å². The fraction of sp³-hybridized carbons (Fsp3) is 0.295. The number of piperazine rings is 3. The Kier molecular flexibility index (Phi) is 20.3. The number of likely N-dealkylation sites (N-methyl/N-ethyl adjacent to an activating group) is 3. The molecule has 4 fully saturated rings. The van der Waals surface area contributed by atoms with Crippen molar-refractivity contribution in [2.45, 2.75) is 65.1 Å². The molecule has 2 atom stereocenters. The van der Waals surface area contributed by atoms with E-state index in [0.29, 0.717) is 36.4 Å². The summed E-state index contributed by atoms with van der Waals surface area (Å²) in [7, 11) is 6.62. The van der Waals surface area contributed by atoms with Crippen molar-refractivity contribution in [1.82, 2.24) is 75.1 Å². The summed E-state index contributed by atoms with van der Waals surface area (Å²) < 4.78 is 14.5. The number of aryl methyl sites for hydroxylation is 3. The van der Waals surface area contributed by atoms with Crippen LogP contribution in [0.3, 0.4) is 0 Å². The molecule has 6 aromatic heterocycles. The number of halogens is 1. The summed E-state index contributed by atoms with van der Waals surface area (Å²) in [6, 6.07) is 53.3. The predicted molar refractivity (Wildman–Crippen MR) is 398 cm³/mol. The van der Waals surface area contributed by atoms with Crippen LogP contribution in [0.15, 0.2) is 183 Å². The van der Waals surface area contributed by atoms with Gasteiger partial charge in [0, 0.05) is 136 Å². The maximum atomic E-state index is 14.5. The number of hydrogen-bond acceptors (Lipinski definition) is 21. The number of anilines is 10. The molecule has 4 aliphatic rings. The average molecular weight is 1330 g/mol. The molecule has 12 aromatic rings. The highest BCUT2D eigenvalue weighted by molar-refractivity contribution is 5.95. The van der Waals surface area contributed by atoms with E-state index in [1.165, 1.54) is 41.5 Å². The van der Waals surface area contributed by atoms with E-state index in [0.717, 1.165) is 167 Å². The summed E-state index contributed by atoms with van der Waals surface area (Å²) >= 11 is 0. The second-order valence-electron chi connectivity index (χ2n) is 26.6. The predicted octanol–water partition coefficient (Wildman–Crippen LogP) is 12.9. The minimum Gasteiger partial charge on any atom is -0.369 e. The number of nitrogens with zero attached hydrogens (tertiary/aromatic N) is 17. The van der Waals surface area contributed by atoms with Crippen molar-refractivity contribution in [3.63, 3.8) is 0 Å². The zero-order valence-electron chi connectivity index (χ0n) is 57.6. The Morgan fingerprint density at radius 2 is 0.890 bits per heavy atom. The van der Waals surface area contributed by atoms with Gasteiger partial charge in [-0.2, -0.15) is 30.6 Å². The van der Waals surface area contributed by atoms with Crippen molar-refractivity contribution in [3.05, 3.63) is 233 Å². The van der Waals surface area contributed by atoms with Crippen LogP contribution in [0.1, 0.15) is 57.9 Å². The third-order valence-corrected chi connectivity index (χ3v) is 19.6. The lowest BCUT2D eigenvalue weighted by molar-refractivity contribution is 0.148. The van der Waals surface area contributed by atoms with Crippen molar-refractivity contribution in [3.8, 4) is 0 Å². The van der Waals surface area contributed by atoms with Crippen LogP contribution < -0.4 is 31.1 Å². The molecule has 0 aliphatic carbocycles. The molecular formula is C78H84FN21. The van der Waals surface area contributed by atoms with Crippen LogP contribution in [0.4, 0.5) is 61.8 Å². The lowest BCUT2D eigenvalue weighted by Crippen LogP contribution is -2.51. The van der Waals surface area contributed by atoms with E-state index in [-0.39, 0.29) is 5.82 Å². The van der Waals surface area contributed by atoms with Crippen LogP contribution in [-0.2, 0) is 19.4 Å². The molecule has 0 spiro atoms. The Balaban J connectivity index is 0.000000128. The second kappa shape index (κ2) is 30.5. The standard InChI is InChI=1S/C27H29N7.C26H29N7.C25H26FN7/c1-18-5-3-6-23-24(15-28-32-27(18)23)30-26-8-4-7-25(31-26)29-19-9-11-20(12-10-19)34-16-21-13-14-22(17-34)33(21)2;1-19-4-3-5-22-23(17-28-31-26(19)22)29-24-10-11-27-25(30-24)16-20-6-8-21(9-7-20)18-33-14-12-32(2)13-15-33;1-17-4-3-5-20-22(16-28-31-24(17)20)29-25-21(26)15-27-23(30-25)14-18-6-8-19(9-7-18)33-12-10-32(2)11-13-33/h3-12,15,21-22H,13-14,16-17H2,1-2H3,(H2,29,30,31,32);3-11,17H,12-16,18H2,1-2H3,(H,27,29,30,31);3-9,15-16H,10-14H2,1-2H3,(H,27,29,30,31). The Hall–Kier alpha value is -10.8. The first-order valence-electron chi connectivity index (χ1n) is 34.4. The van der Waals surface area contributed by atoms with E-state index in [1.54, 1.807) is 24.8 Å². The molecule has 4 N–H and O–H groups in total. The van der Waals surface area contributed by atoms with Crippen molar-refractivity contribution < 1.29 is 4.39 Å². The fourth-order valence-corrected chi connectivity index (χ4v) is 13.6. The molecule has 0 saturated carbocycles. The highest BCUT2D eigenvalue weighted by atomic mass is 19.1. The largest absolute Gasteiger partial charge is 0.369 e. The van der Waals surface area contributed by atoms with E-state index in [4.69, 9.17) is 9.97 Å². The maximum Gasteiger partial charge on any atom is 0.184 e. The molecule has 100 heavy (non-hydrogen) atoms. The van der Waals surface area contributed by atoms with E-state index in [2.05, 4.69) is 196 Å². The van der Waals surface area contributed by atoms with Gasteiger partial charge in [0.05, 0.1) is 58.4 Å². The summed E-state index contributed by atoms with van der Waals surface area (Å²) in [4.78, 5) is 37.4. The van der Waals surface area contributed by atoms with Gasteiger partial charge in [-0.25, -0.2) is 29.3 Å². The van der Waals surface area contributed by atoms with Crippen molar-refractivity contribution >= 4 is 90.1 Å². The normalized spacial score (nSPS) is 16.6. The molecule has 508 valence electrons. The fourth-order valence-electron chi connectivity index (χ4n) is 13.6. The SMILES string of the molecule is Cc1cccc2c(Nc3cccc(Nc4ccc(N5CC6CCC(C5)N6C)cc4)n3)cnnc12.Cc1cccc2c(Nc3ccnc(Cc4ccc(CN5CCN(C)CC5)cc4)n3)cnnc12.Cc1cccc2c(Nc3nc(Cc4ccc(N5CCN(C)CC5)cc4)ncc3F)cnnc12. The van der Waals surface area contributed by atoms with E-state index in [9.17, 15) is 4.39 Å². The van der Waals surface area contributed by atoms with Crippen molar-refractivity contribution in [2.24, 2.45) is 0 Å². The summed E-state index contributed by atoms with van der Waals surface area (Å²) in [6.45, 7) is 18.1. The second-order valence-corrected chi connectivity index (χ2v) is 26.6. The van der Waals surface area contributed by atoms with Gasteiger partial charge in [-0.15, -0.1) is 0 Å². The molecule has 10 heterocycles. The molecule has 4 aliphatic heterocycles. The highest BCUT2D eigenvalue weighted by Gasteiger charge is 2.37.